The van der Waals surface area contributed by atoms with Gasteiger partial charge in [-0.3, -0.25) is 4.79 Å². The lowest BCUT2D eigenvalue weighted by atomic mass is 10.1. The number of hydrogen-bond donors (Lipinski definition) is 1. The van der Waals surface area contributed by atoms with Crippen LogP contribution in [0.2, 0.25) is 0 Å². The molecular weight excluding hydrogens is 264 g/mol. The van der Waals surface area contributed by atoms with Crippen LogP contribution in [0.5, 0.6) is 5.75 Å². The minimum Gasteiger partial charge on any atom is -0.491 e. The van der Waals surface area contributed by atoms with Gasteiger partial charge < -0.3 is 4.74 Å². The maximum Gasteiger partial charge on any atom is 0.271 e. The molecule has 0 unspecified atom stereocenters. The highest BCUT2D eigenvalue weighted by Gasteiger charge is 2.05. The Kier molecular flexibility index (Phi) is 6.92. The van der Waals surface area contributed by atoms with Crippen molar-refractivity contribution in [2.24, 2.45) is 11.0 Å². The number of ether oxygens (including phenoxy) is 1. The number of hydrazone groups is 1. The number of nitrogens with zero attached hydrogens (tertiary/aromatic N) is 1. The summed E-state index contributed by atoms with van der Waals surface area (Å²) in [7, 11) is 0. The van der Waals surface area contributed by atoms with Gasteiger partial charge in [0.15, 0.2) is 0 Å². The van der Waals surface area contributed by atoms with Crippen molar-refractivity contribution < 1.29 is 9.53 Å². The van der Waals surface area contributed by atoms with Crippen LogP contribution in [0, 0.1) is 5.92 Å². The van der Waals surface area contributed by atoms with Crippen molar-refractivity contribution in [1.82, 2.24) is 5.43 Å². The van der Waals surface area contributed by atoms with Crippen molar-refractivity contribution in [2.75, 3.05) is 0 Å². The molecule has 4 heteroatoms. The van der Waals surface area contributed by atoms with E-state index in [0.29, 0.717) is 11.5 Å². The summed E-state index contributed by atoms with van der Waals surface area (Å²) in [5.74, 6) is 1.20. The quantitative estimate of drug-likeness (QED) is 0.609. The van der Waals surface area contributed by atoms with Gasteiger partial charge in [-0.05, 0) is 63.8 Å². The minimum atomic E-state index is -0.199. The first-order valence-electron chi connectivity index (χ1n) is 7.48. The van der Waals surface area contributed by atoms with E-state index in [2.05, 4.69) is 24.4 Å². The maximum atomic E-state index is 12.0. The van der Waals surface area contributed by atoms with Gasteiger partial charge in [-0.25, -0.2) is 5.43 Å². The van der Waals surface area contributed by atoms with Crippen molar-refractivity contribution in [2.45, 2.75) is 53.6 Å². The minimum absolute atomic E-state index is 0.123. The standard InChI is InChI=1S/C17H26N2O2/c1-12(2)6-7-14(5)18-19-17(20)15-8-10-16(11-9-15)21-13(3)4/h8-13H,6-7H2,1-5H3,(H,19,20)/b18-14-. The Balaban J connectivity index is 2.53. The molecule has 1 rings (SSSR count). The van der Waals surface area contributed by atoms with Crippen molar-refractivity contribution in [3.8, 4) is 5.75 Å². The molecule has 4 nitrogen and oxygen atoms in total. The van der Waals surface area contributed by atoms with E-state index < -0.39 is 0 Å². The molecule has 0 radical (unpaired) electrons. The fourth-order valence-corrected chi connectivity index (χ4v) is 1.72. The third-order valence-electron chi connectivity index (χ3n) is 2.92. The molecule has 0 fully saturated rings. The molecule has 0 aromatic heterocycles. The van der Waals surface area contributed by atoms with Crippen LogP contribution in [0.15, 0.2) is 29.4 Å². The van der Waals surface area contributed by atoms with Crippen LogP contribution >= 0.6 is 0 Å². The topological polar surface area (TPSA) is 50.7 Å². The molecule has 1 aromatic carbocycles. The Bertz CT molecular complexity index is 476. The van der Waals surface area contributed by atoms with Crippen molar-refractivity contribution in [3.63, 3.8) is 0 Å². The molecule has 1 N–H and O–H groups in total. The highest BCUT2D eigenvalue weighted by Crippen LogP contribution is 2.13. The second-order valence-electron chi connectivity index (χ2n) is 5.91. The number of nitrogens with one attached hydrogen (secondary N) is 1. The third-order valence-corrected chi connectivity index (χ3v) is 2.92. The first-order valence-corrected chi connectivity index (χ1v) is 7.48. The maximum absolute atomic E-state index is 12.0. The lowest BCUT2D eigenvalue weighted by Crippen LogP contribution is -2.19. The number of rotatable bonds is 7. The van der Waals surface area contributed by atoms with E-state index >= 15 is 0 Å². The van der Waals surface area contributed by atoms with Gasteiger partial charge in [-0.1, -0.05) is 13.8 Å². The normalized spacial score (nSPS) is 11.9. The van der Waals surface area contributed by atoms with E-state index in [4.69, 9.17) is 4.74 Å². The molecule has 1 amide bonds. The fourth-order valence-electron chi connectivity index (χ4n) is 1.72. The Morgan fingerprint density at radius 3 is 2.33 bits per heavy atom. The average molecular weight is 290 g/mol. The van der Waals surface area contributed by atoms with Gasteiger partial charge in [0, 0.05) is 11.3 Å². The van der Waals surface area contributed by atoms with Crippen LogP contribution < -0.4 is 10.2 Å². The lowest BCUT2D eigenvalue weighted by Gasteiger charge is -2.09. The number of carbonyl (C=O) groups is 1. The summed E-state index contributed by atoms with van der Waals surface area (Å²) in [5.41, 5.74) is 4.11. The van der Waals surface area contributed by atoms with Crippen LogP contribution in [0.4, 0.5) is 0 Å². The summed E-state index contributed by atoms with van der Waals surface area (Å²) in [4.78, 5) is 12.0. The van der Waals surface area contributed by atoms with Gasteiger partial charge in [0.25, 0.3) is 5.91 Å². The number of benzene rings is 1. The predicted molar refractivity (Wildman–Crippen MR) is 86.9 cm³/mol. The van der Waals surface area contributed by atoms with Crippen LogP contribution in [-0.4, -0.2) is 17.7 Å². The Morgan fingerprint density at radius 1 is 1.19 bits per heavy atom. The summed E-state index contributed by atoms with van der Waals surface area (Å²) >= 11 is 0. The zero-order valence-corrected chi connectivity index (χ0v) is 13.6. The molecule has 0 aliphatic rings. The molecule has 1 aromatic rings. The largest absolute Gasteiger partial charge is 0.491 e. The van der Waals surface area contributed by atoms with E-state index in [-0.39, 0.29) is 12.0 Å². The first kappa shape index (κ1) is 17.2. The van der Waals surface area contributed by atoms with Gasteiger partial charge >= 0.3 is 0 Å². The van der Waals surface area contributed by atoms with Crippen molar-refractivity contribution in [3.05, 3.63) is 29.8 Å². The van der Waals surface area contributed by atoms with E-state index in [0.717, 1.165) is 24.3 Å². The number of amides is 1. The van der Waals surface area contributed by atoms with Gasteiger partial charge in [-0.15, -0.1) is 0 Å². The first-order chi connectivity index (χ1) is 9.88. The zero-order valence-electron chi connectivity index (χ0n) is 13.6. The van der Waals surface area contributed by atoms with Crippen LogP contribution in [0.1, 0.15) is 57.8 Å². The zero-order chi connectivity index (χ0) is 15.8. The smallest absolute Gasteiger partial charge is 0.271 e. The van der Waals surface area contributed by atoms with Gasteiger partial charge in [0.2, 0.25) is 0 Å². The Labute approximate surface area is 127 Å². The molecule has 0 saturated carbocycles. The van der Waals surface area contributed by atoms with Gasteiger partial charge in [-0.2, -0.15) is 5.10 Å². The Hall–Kier alpha value is -1.84. The summed E-state index contributed by atoms with van der Waals surface area (Å²) < 4.78 is 5.54. The van der Waals surface area contributed by atoms with E-state index in [1.54, 1.807) is 24.3 Å². The molecule has 0 saturated heterocycles. The lowest BCUT2D eigenvalue weighted by molar-refractivity contribution is 0.0954. The molecule has 0 heterocycles. The van der Waals surface area contributed by atoms with Crippen LogP contribution in [0.25, 0.3) is 0 Å². The Morgan fingerprint density at radius 2 is 1.81 bits per heavy atom. The summed E-state index contributed by atoms with van der Waals surface area (Å²) in [6, 6.07) is 7.08. The summed E-state index contributed by atoms with van der Waals surface area (Å²) in [6.45, 7) is 10.2. The third kappa shape index (κ3) is 6.93. The van der Waals surface area contributed by atoms with Gasteiger partial charge in [0.1, 0.15) is 5.75 Å². The van der Waals surface area contributed by atoms with Crippen LogP contribution in [0.3, 0.4) is 0 Å². The molecular formula is C17H26N2O2. The summed E-state index contributed by atoms with van der Waals surface area (Å²) in [5, 5.41) is 4.13. The molecule has 21 heavy (non-hydrogen) atoms. The SMILES string of the molecule is C/C(CCC(C)C)=N/NC(=O)c1ccc(OC(C)C)cc1. The van der Waals surface area contributed by atoms with E-state index in [1.807, 2.05) is 20.8 Å². The van der Waals surface area contributed by atoms with Gasteiger partial charge in [0.05, 0.1) is 6.10 Å². The van der Waals surface area contributed by atoms with E-state index in [9.17, 15) is 4.79 Å². The van der Waals surface area contributed by atoms with E-state index in [1.165, 1.54) is 0 Å². The molecule has 0 aliphatic carbocycles. The monoisotopic (exact) mass is 290 g/mol. The fraction of sp³-hybridized carbons (Fsp3) is 0.529. The molecule has 0 spiro atoms. The highest BCUT2D eigenvalue weighted by atomic mass is 16.5. The molecule has 0 atom stereocenters. The molecule has 0 bridgehead atoms. The number of hydrogen-bond acceptors (Lipinski definition) is 3. The van der Waals surface area contributed by atoms with Crippen LogP contribution in [-0.2, 0) is 0 Å². The average Bonchev–Trinajstić information content (AvgIpc) is 2.42. The number of carbonyl (C=O) groups excluding carboxylic acids is 1. The van der Waals surface area contributed by atoms with Crippen molar-refractivity contribution in [1.29, 1.82) is 0 Å². The predicted octanol–water partition coefficient (Wildman–Crippen LogP) is 4.02. The summed E-state index contributed by atoms with van der Waals surface area (Å²) in [6.07, 6.45) is 2.10. The highest BCUT2D eigenvalue weighted by molar-refractivity contribution is 5.95. The second kappa shape index (κ2) is 8.45. The molecule has 0 aliphatic heterocycles. The second-order valence-corrected chi connectivity index (χ2v) is 5.91. The van der Waals surface area contributed by atoms with Crippen molar-refractivity contribution >= 4 is 11.6 Å². The molecule has 116 valence electrons.